The Kier molecular flexibility index (Phi) is 6.84. The summed E-state index contributed by atoms with van der Waals surface area (Å²) in [5.41, 5.74) is 1.41. The van der Waals surface area contributed by atoms with Gasteiger partial charge in [-0.3, -0.25) is 0 Å². The van der Waals surface area contributed by atoms with Crippen LogP contribution in [0.2, 0.25) is 0 Å². The fourth-order valence-corrected chi connectivity index (χ4v) is 1.12. The molecule has 0 rings (SSSR count). The van der Waals surface area contributed by atoms with Crippen molar-refractivity contribution in [2.24, 2.45) is 5.92 Å². The molecule has 0 aromatic heterocycles. The van der Waals surface area contributed by atoms with Gasteiger partial charge in [-0.25, -0.2) is 0 Å². The van der Waals surface area contributed by atoms with Crippen molar-refractivity contribution in [3.05, 3.63) is 30.7 Å². The smallest absolute Gasteiger partial charge is 0.0259 e. The lowest BCUT2D eigenvalue weighted by atomic mass is 10.0. The fraction of sp³-hybridized carbons (Fsp3) is 0.583. The van der Waals surface area contributed by atoms with Crippen molar-refractivity contribution >= 4 is 0 Å². The molecule has 69 valence electrons. The zero-order valence-corrected chi connectivity index (χ0v) is 8.64. The SMILES string of the molecule is [CH2]CC(C)=CCCC(C)C=CC. The summed E-state index contributed by atoms with van der Waals surface area (Å²) in [4.78, 5) is 0. The molecule has 0 fully saturated rings. The van der Waals surface area contributed by atoms with E-state index in [0.717, 1.165) is 6.42 Å². The third-order valence-corrected chi connectivity index (χ3v) is 2.03. The molecular formula is C12H21. The van der Waals surface area contributed by atoms with Crippen molar-refractivity contribution in [1.29, 1.82) is 0 Å². The number of allylic oxidation sites excluding steroid dienone is 4. The highest BCUT2D eigenvalue weighted by atomic mass is 14.0. The van der Waals surface area contributed by atoms with Crippen LogP contribution in [0, 0.1) is 12.8 Å². The van der Waals surface area contributed by atoms with Crippen LogP contribution >= 0.6 is 0 Å². The van der Waals surface area contributed by atoms with Gasteiger partial charge in [-0.2, -0.15) is 0 Å². The van der Waals surface area contributed by atoms with Gasteiger partial charge in [0, 0.05) is 0 Å². The van der Waals surface area contributed by atoms with Crippen LogP contribution in [-0.4, -0.2) is 0 Å². The highest BCUT2D eigenvalue weighted by molar-refractivity contribution is 4.99. The van der Waals surface area contributed by atoms with E-state index < -0.39 is 0 Å². The lowest BCUT2D eigenvalue weighted by Crippen LogP contribution is -1.87. The van der Waals surface area contributed by atoms with Crippen molar-refractivity contribution in [2.45, 2.75) is 40.0 Å². The summed E-state index contributed by atoms with van der Waals surface area (Å²) >= 11 is 0. The summed E-state index contributed by atoms with van der Waals surface area (Å²) in [5.74, 6) is 0.712. The van der Waals surface area contributed by atoms with Crippen molar-refractivity contribution in [1.82, 2.24) is 0 Å². The van der Waals surface area contributed by atoms with E-state index in [0.29, 0.717) is 5.92 Å². The molecule has 0 aromatic carbocycles. The molecule has 0 aliphatic carbocycles. The minimum Gasteiger partial charge on any atom is -0.0914 e. The minimum absolute atomic E-state index is 0.712. The monoisotopic (exact) mass is 165 g/mol. The average molecular weight is 165 g/mol. The molecule has 0 bridgehead atoms. The van der Waals surface area contributed by atoms with Gasteiger partial charge in [0.2, 0.25) is 0 Å². The number of hydrogen-bond donors (Lipinski definition) is 0. The van der Waals surface area contributed by atoms with Crippen LogP contribution in [-0.2, 0) is 0 Å². The Balaban J connectivity index is 3.55. The van der Waals surface area contributed by atoms with E-state index >= 15 is 0 Å². The third-order valence-electron chi connectivity index (χ3n) is 2.03. The van der Waals surface area contributed by atoms with Gasteiger partial charge in [0.15, 0.2) is 0 Å². The van der Waals surface area contributed by atoms with Crippen LogP contribution in [0.25, 0.3) is 0 Å². The molecule has 0 amide bonds. The van der Waals surface area contributed by atoms with Gasteiger partial charge in [0.05, 0.1) is 0 Å². The van der Waals surface area contributed by atoms with Gasteiger partial charge >= 0.3 is 0 Å². The molecule has 0 heteroatoms. The maximum absolute atomic E-state index is 3.84. The van der Waals surface area contributed by atoms with Crippen LogP contribution in [0.5, 0.6) is 0 Å². The molecule has 1 radical (unpaired) electrons. The van der Waals surface area contributed by atoms with Crippen molar-refractivity contribution in [2.75, 3.05) is 0 Å². The van der Waals surface area contributed by atoms with Gasteiger partial charge in [-0.05, 0) is 46.0 Å². The second kappa shape index (κ2) is 7.15. The van der Waals surface area contributed by atoms with Crippen molar-refractivity contribution in [3.63, 3.8) is 0 Å². The maximum Gasteiger partial charge on any atom is -0.0259 e. The summed E-state index contributed by atoms with van der Waals surface area (Å²) < 4.78 is 0. The molecular weight excluding hydrogens is 144 g/mol. The Labute approximate surface area is 77.4 Å². The van der Waals surface area contributed by atoms with Gasteiger partial charge in [-0.15, -0.1) is 0 Å². The molecule has 0 aromatic rings. The zero-order chi connectivity index (χ0) is 9.40. The topological polar surface area (TPSA) is 0 Å². The van der Waals surface area contributed by atoms with Crippen molar-refractivity contribution < 1.29 is 0 Å². The zero-order valence-electron chi connectivity index (χ0n) is 8.64. The third kappa shape index (κ3) is 6.21. The first-order valence-electron chi connectivity index (χ1n) is 4.78. The van der Waals surface area contributed by atoms with E-state index in [-0.39, 0.29) is 0 Å². The molecule has 1 atom stereocenters. The number of hydrogen-bond acceptors (Lipinski definition) is 0. The largest absolute Gasteiger partial charge is 0.0914 e. The Hall–Kier alpha value is -0.520. The Bertz CT molecular complexity index is 151. The molecule has 0 aliphatic heterocycles. The molecule has 0 spiro atoms. The summed E-state index contributed by atoms with van der Waals surface area (Å²) in [6.07, 6.45) is 10.1. The second-order valence-corrected chi connectivity index (χ2v) is 3.38. The molecule has 0 saturated heterocycles. The van der Waals surface area contributed by atoms with E-state index in [2.05, 4.69) is 45.9 Å². The summed E-state index contributed by atoms with van der Waals surface area (Å²) in [6, 6.07) is 0. The van der Waals surface area contributed by atoms with Gasteiger partial charge in [-0.1, -0.05) is 30.7 Å². The molecule has 0 heterocycles. The van der Waals surface area contributed by atoms with E-state index in [1.165, 1.54) is 18.4 Å². The predicted molar refractivity (Wildman–Crippen MR) is 56.9 cm³/mol. The van der Waals surface area contributed by atoms with Crippen LogP contribution < -0.4 is 0 Å². The fourth-order valence-electron chi connectivity index (χ4n) is 1.12. The lowest BCUT2D eigenvalue weighted by Gasteiger charge is -2.02. The van der Waals surface area contributed by atoms with Gasteiger partial charge in [0.25, 0.3) is 0 Å². The molecule has 1 unspecified atom stereocenters. The van der Waals surface area contributed by atoms with E-state index in [1.807, 2.05) is 0 Å². The highest BCUT2D eigenvalue weighted by Gasteiger charge is 1.93. The summed E-state index contributed by atoms with van der Waals surface area (Å²) in [5, 5.41) is 0. The van der Waals surface area contributed by atoms with Crippen LogP contribution in [0.3, 0.4) is 0 Å². The average Bonchev–Trinajstić information content (AvgIpc) is 2.04. The molecule has 12 heavy (non-hydrogen) atoms. The summed E-state index contributed by atoms with van der Waals surface area (Å²) in [7, 11) is 0. The number of rotatable bonds is 5. The lowest BCUT2D eigenvalue weighted by molar-refractivity contribution is 0.655. The van der Waals surface area contributed by atoms with Crippen LogP contribution in [0.15, 0.2) is 23.8 Å². The first kappa shape index (κ1) is 11.5. The molecule has 0 nitrogen and oxygen atoms in total. The minimum atomic E-state index is 0.712. The quantitative estimate of drug-likeness (QED) is 0.537. The molecule has 0 N–H and O–H groups in total. The molecule has 0 aliphatic rings. The normalized spacial score (nSPS) is 15.5. The Morgan fingerprint density at radius 1 is 1.50 bits per heavy atom. The second-order valence-electron chi connectivity index (χ2n) is 3.38. The first-order valence-corrected chi connectivity index (χ1v) is 4.78. The van der Waals surface area contributed by atoms with Crippen LogP contribution in [0.4, 0.5) is 0 Å². The molecule has 0 saturated carbocycles. The van der Waals surface area contributed by atoms with Crippen LogP contribution in [0.1, 0.15) is 40.0 Å². The van der Waals surface area contributed by atoms with Gasteiger partial charge in [0.1, 0.15) is 0 Å². The Morgan fingerprint density at radius 2 is 2.17 bits per heavy atom. The van der Waals surface area contributed by atoms with Crippen molar-refractivity contribution in [3.8, 4) is 0 Å². The Morgan fingerprint density at radius 3 is 2.67 bits per heavy atom. The first-order chi connectivity index (χ1) is 5.70. The summed E-state index contributed by atoms with van der Waals surface area (Å²) in [6.45, 7) is 10.3. The van der Waals surface area contributed by atoms with Gasteiger partial charge < -0.3 is 0 Å². The van der Waals surface area contributed by atoms with E-state index in [9.17, 15) is 0 Å². The van der Waals surface area contributed by atoms with E-state index in [1.54, 1.807) is 0 Å². The van der Waals surface area contributed by atoms with E-state index in [4.69, 9.17) is 0 Å². The maximum atomic E-state index is 3.84. The predicted octanol–water partition coefficient (Wildman–Crippen LogP) is 4.15. The standard InChI is InChI=1S/C12H21/c1-5-8-12(4)10-7-9-11(3)6-2/h5,8-9,12H,2,6-7,10H2,1,3-4H3. The highest BCUT2D eigenvalue weighted by Crippen LogP contribution is 2.09.